The molecule has 1 N–H and O–H groups in total. The fourth-order valence-corrected chi connectivity index (χ4v) is 4.08. The zero-order chi connectivity index (χ0) is 22.8. The Labute approximate surface area is 195 Å². The van der Waals surface area contributed by atoms with E-state index in [1.165, 1.54) is 0 Å². The maximum absolute atomic E-state index is 12.6. The molecule has 33 heavy (non-hydrogen) atoms. The third-order valence-electron chi connectivity index (χ3n) is 5.52. The van der Waals surface area contributed by atoms with Gasteiger partial charge in [0, 0.05) is 5.39 Å². The first-order valence-electron chi connectivity index (χ1n) is 10.4. The van der Waals surface area contributed by atoms with Crippen LogP contribution in [0.5, 0.6) is 5.75 Å². The number of carbonyl (C=O) groups is 1. The summed E-state index contributed by atoms with van der Waals surface area (Å²) >= 11 is 6.20. The minimum Gasteiger partial charge on any atom is -0.487 e. The van der Waals surface area contributed by atoms with Crippen molar-refractivity contribution in [3.63, 3.8) is 0 Å². The summed E-state index contributed by atoms with van der Waals surface area (Å²) in [6.45, 7) is 0.566. The second-order valence-corrected chi connectivity index (χ2v) is 8.05. The third-order valence-corrected chi connectivity index (χ3v) is 5.83. The van der Waals surface area contributed by atoms with Crippen LogP contribution in [0.2, 0.25) is 5.02 Å². The van der Waals surface area contributed by atoms with Gasteiger partial charge in [0.05, 0.1) is 39.6 Å². The van der Waals surface area contributed by atoms with Crippen LogP contribution in [0.3, 0.4) is 0 Å². The second-order valence-electron chi connectivity index (χ2n) is 7.64. The Morgan fingerprint density at radius 1 is 1.00 bits per heavy atom. The van der Waals surface area contributed by atoms with Crippen molar-refractivity contribution in [3.8, 4) is 11.8 Å². The molecule has 5 nitrogen and oxygen atoms in total. The lowest BCUT2D eigenvalue weighted by atomic mass is 9.98. The van der Waals surface area contributed by atoms with Gasteiger partial charge < -0.3 is 10.1 Å². The number of ketones is 1. The Morgan fingerprint density at radius 2 is 1.79 bits per heavy atom. The standard InChI is InChI=1S/C27H18ClN3O2/c28-23-13-19(5-6-20(23)14-29)27-26(25(32)15-30-27)18-8-11-22(12-9-18)33-16-21-10-7-17-3-1-2-4-24(17)31-21/h1-13,30H,15-16H2. The fraction of sp³-hybridized carbons (Fsp3) is 0.0741. The summed E-state index contributed by atoms with van der Waals surface area (Å²) in [5, 5.41) is 13.7. The van der Waals surface area contributed by atoms with Crippen molar-refractivity contribution in [2.75, 3.05) is 6.54 Å². The van der Waals surface area contributed by atoms with E-state index in [1.807, 2.05) is 66.7 Å². The van der Waals surface area contributed by atoms with Crippen LogP contribution in [-0.2, 0) is 11.4 Å². The van der Waals surface area contributed by atoms with E-state index in [0.717, 1.165) is 27.7 Å². The van der Waals surface area contributed by atoms with Crippen LogP contribution < -0.4 is 10.1 Å². The van der Waals surface area contributed by atoms with Crippen LogP contribution in [0.4, 0.5) is 0 Å². The molecule has 0 aliphatic carbocycles. The van der Waals surface area contributed by atoms with Crippen LogP contribution in [0.15, 0.2) is 78.9 Å². The van der Waals surface area contributed by atoms with E-state index < -0.39 is 0 Å². The summed E-state index contributed by atoms with van der Waals surface area (Å²) < 4.78 is 5.91. The summed E-state index contributed by atoms with van der Waals surface area (Å²) in [5.41, 5.74) is 5.03. The molecule has 0 saturated heterocycles. The number of aromatic nitrogens is 1. The number of hydrogen-bond acceptors (Lipinski definition) is 5. The molecule has 160 valence electrons. The molecule has 0 saturated carbocycles. The molecule has 1 aliphatic heterocycles. The van der Waals surface area contributed by atoms with Crippen LogP contribution in [0, 0.1) is 11.3 Å². The Bertz CT molecular complexity index is 1450. The van der Waals surface area contributed by atoms with Gasteiger partial charge in [-0.15, -0.1) is 0 Å². The number of nitrogens with one attached hydrogen (secondary N) is 1. The first-order valence-corrected chi connectivity index (χ1v) is 10.8. The van der Waals surface area contributed by atoms with Gasteiger partial charge in [0.25, 0.3) is 0 Å². The number of Topliss-reactive ketones (excluding diaryl/α,β-unsaturated/α-hetero) is 1. The molecule has 1 aromatic heterocycles. The SMILES string of the molecule is N#Cc1ccc(C2=C(c3ccc(OCc4ccc5ccccc5n4)cc3)C(=O)CN2)cc1Cl. The van der Waals surface area contributed by atoms with Gasteiger partial charge in [-0.25, -0.2) is 4.98 Å². The van der Waals surface area contributed by atoms with Gasteiger partial charge in [-0.1, -0.05) is 54.1 Å². The van der Waals surface area contributed by atoms with Gasteiger partial charge in [-0.3, -0.25) is 4.79 Å². The Morgan fingerprint density at radius 3 is 2.58 bits per heavy atom. The number of carbonyl (C=O) groups excluding carboxylic acids is 1. The number of nitriles is 1. The summed E-state index contributed by atoms with van der Waals surface area (Å²) in [6, 6.07) is 26.6. The van der Waals surface area contributed by atoms with E-state index in [9.17, 15) is 4.79 Å². The molecule has 0 radical (unpaired) electrons. The number of halogens is 1. The molecule has 3 aromatic carbocycles. The van der Waals surface area contributed by atoms with E-state index in [0.29, 0.717) is 34.2 Å². The van der Waals surface area contributed by atoms with Crippen molar-refractivity contribution in [3.05, 3.63) is 106 Å². The number of hydrogen-bond donors (Lipinski definition) is 1. The molecule has 5 rings (SSSR count). The van der Waals surface area contributed by atoms with Gasteiger partial charge >= 0.3 is 0 Å². The van der Waals surface area contributed by atoms with Gasteiger partial charge in [0.2, 0.25) is 0 Å². The Balaban J connectivity index is 1.37. The van der Waals surface area contributed by atoms with Gasteiger partial charge in [-0.2, -0.15) is 5.26 Å². The second kappa shape index (κ2) is 8.78. The number of benzene rings is 3. The van der Waals surface area contributed by atoms with Crippen molar-refractivity contribution >= 4 is 39.6 Å². The maximum atomic E-state index is 12.6. The fourth-order valence-electron chi connectivity index (χ4n) is 3.86. The number of para-hydroxylation sites is 1. The van der Waals surface area contributed by atoms with Crippen LogP contribution in [-0.4, -0.2) is 17.3 Å². The molecule has 1 aliphatic rings. The number of rotatable bonds is 5. The zero-order valence-corrected chi connectivity index (χ0v) is 18.3. The van der Waals surface area contributed by atoms with Crippen molar-refractivity contribution in [2.45, 2.75) is 6.61 Å². The van der Waals surface area contributed by atoms with E-state index in [2.05, 4.69) is 10.3 Å². The highest BCUT2D eigenvalue weighted by molar-refractivity contribution is 6.33. The number of fused-ring (bicyclic) bond motifs is 1. The smallest absolute Gasteiger partial charge is 0.184 e. The van der Waals surface area contributed by atoms with Crippen molar-refractivity contribution in [1.29, 1.82) is 5.26 Å². The van der Waals surface area contributed by atoms with E-state index in [-0.39, 0.29) is 12.3 Å². The minimum atomic E-state index is -0.000450. The highest BCUT2D eigenvalue weighted by Gasteiger charge is 2.25. The third kappa shape index (κ3) is 4.17. The normalized spacial score (nSPS) is 13.2. The van der Waals surface area contributed by atoms with Gasteiger partial charge in [0.1, 0.15) is 18.4 Å². The molecule has 0 atom stereocenters. The monoisotopic (exact) mass is 451 g/mol. The molecular weight excluding hydrogens is 434 g/mol. The molecule has 6 heteroatoms. The van der Waals surface area contributed by atoms with E-state index >= 15 is 0 Å². The van der Waals surface area contributed by atoms with Gasteiger partial charge in [-0.05, 0) is 47.5 Å². The van der Waals surface area contributed by atoms with Crippen LogP contribution >= 0.6 is 11.6 Å². The molecule has 4 aromatic rings. The average Bonchev–Trinajstić information content (AvgIpc) is 3.24. The predicted molar refractivity (Wildman–Crippen MR) is 129 cm³/mol. The van der Waals surface area contributed by atoms with E-state index in [1.54, 1.807) is 18.2 Å². The van der Waals surface area contributed by atoms with Gasteiger partial charge in [0.15, 0.2) is 5.78 Å². The summed E-state index contributed by atoms with van der Waals surface area (Å²) in [5.74, 6) is 0.690. The van der Waals surface area contributed by atoms with Crippen molar-refractivity contribution in [2.24, 2.45) is 0 Å². The lowest BCUT2D eigenvalue weighted by Crippen LogP contribution is -2.10. The molecule has 0 fully saturated rings. The van der Waals surface area contributed by atoms with Crippen LogP contribution in [0.1, 0.15) is 22.4 Å². The lowest BCUT2D eigenvalue weighted by Gasteiger charge is -2.10. The topological polar surface area (TPSA) is 75.0 Å². The first kappa shape index (κ1) is 20.7. The Kier molecular flexibility index (Phi) is 5.52. The summed E-state index contributed by atoms with van der Waals surface area (Å²) in [4.78, 5) is 17.3. The predicted octanol–water partition coefficient (Wildman–Crippen LogP) is 5.38. The number of ether oxygens (including phenoxy) is 1. The summed E-state index contributed by atoms with van der Waals surface area (Å²) in [6.07, 6.45) is 0. The van der Waals surface area contributed by atoms with E-state index in [4.69, 9.17) is 21.6 Å². The summed E-state index contributed by atoms with van der Waals surface area (Å²) in [7, 11) is 0. The highest BCUT2D eigenvalue weighted by Crippen LogP contribution is 2.32. The highest BCUT2D eigenvalue weighted by atomic mass is 35.5. The molecule has 2 heterocycles. The largest absolute Gasteiger partial charge is 0.487 e. The van der Waals surface area contributed by atoms with Crippen molar-refractivity contribution in [1.82, 2.24) is 10.3 Å². The molecule has 0 unspecified atom stereocenters. The first-order chi connectivity index (χ1) is 16.1. The number of nitrogens with zero attached hydrogens (tertiary/aromatic N) is 2. The molecule has 0 bridgehead atoms. The molecule has 0 amide bonds. The average molecular weight is 452 g/mol. The zero-order valence-electron chi connectivity index (χ0n) is 17.5. The number of pyridine rings is 1. The molecular formula is C27H18ClN3O2. The lowest BCUT2D eigenvalue weighted by molar-refractivity contribution is -0.112. The van der Waals surface area contributed by atoms with Crippen LogP contribution in [0.25, 0.3) is 22.2 Å². The maximum Gasteiger partial charge on any atom is 0.184 e. The Hall–Kier alpha value is -4.14. The minimum absolute atomic E-state index is 0.000450. The molecule has 0 spiro atoms. The quantitative estimate of drug-likeness (QED) is 0.441. The van der Waals surface area contributed by atoms with Crippen molar-refractivity contribution < 1.29 is 9.53 Å².